The molecule has 126 valence electrons. The predicted octanol–water partition coefficient (Wildman–Crippen LogP) is 0.682. The van der Waals surface area contributed by atoms with Crippen LogP contribution in [0.1, 0.15) is 29.9 Å². The molecule has 0 radical (unpaired) electrons. The van der Waals surface area contributed by atoms with Gasteiger partial charge in [0.05, 0.1) is 17.8 Å². The molecule has 2 fully saturated rings. The van der Waals surface area contributed by atoms with Crippen molar-refractivity contribution in [3.63, 3.8) is 0 Å². The zero-order chi connectivity index (χ0) is 16.6. The van der Waals surface area contributed by atoms with Crippen molar-refractivity contribution in [3.05, 3.63) is 17.0 Å². The van der Waals surface area contributed by atoms with Crippen molar-refractivity contribution in [2.75, 3.05) is 26.7 Å². The lowest BCUT2D eigenvalue weighted by molar-refractivity contribution is -0.163. The average Bonchev–Trinajstić information content (AvgIpc) is 2.87. The molecule has 7 heteroatoms. The van der Waals surface area contributed by atoms with Crippen LogP contribution in [0.3, 0.4) is 0 Å². The Morgan fingerprint density at radius 1 is 1.39 bits per heavy atom. The molecular weight excluding hydrogens is 298 g/mol. The normalized spacial score (nSPS) is 24.7. The van der Waals surface area contributed by atoms with Crippen LogP contribution < -0.4 is 0 Å². The Bertz CT molecular complexity index is 593. The van der Waals surface area contributed by atoms with Crippen LogP contribution in [0.25, 0.3) is 0 Å². The largest absolute Gasteiger partial charge is 0.366 e. The lowest BCUT2D eigenvalue weighted by atomic mass is 9.98. The van der Waals surface area contributed by atoms with Gasteiger partial charge in [0.2, 0.25) is 11.8 Å². The van der Waals surface area contributed by atoms with Gasteiger partial charge in [0, 0.05) is 32.1 Å². The number of ether oxygens (including phenoxy) is 1. The maximum Gasteiger partial charge on any atom is 0.248 e. The van der Waals surface area contributed by atoms with E-state index in [1.807, 2.05) is 18.7 Å². The molecule has 2 atom stereocenters. The average molecular weight is 321 g/mol. The van der Waals surface area contributed by atoms with E-state index >= 15 is 0 Å². The summed E-state index contributed by atoms with van der Waals surface area (Å²) in [5.74, 6) is 0.867. The van der Waals surface area contributed by atoms with Crippen molar-refractivity contribution in [2.45, 2.75) is 45.3 Å². The molecule has 0 spiro atoms. The van der Waals surface area contributed by atoms with Gasteiger partial charge >= 0.3 is 0 Å². The van der Waals surface area contributed by atoms with E-state index in [1.54, 1.807) is 11.9 Å². The zero-order valence-electron chi connectivity index (χ0n) is 13.9. The van der Waals surface area contributed by atoms with E-state index in [4.69, 9.17) is 9.26 Å². The number of carbonyl (C=O) groups excluding carboxylic acids is 2. The number of amides is 2. The standard InChI is InChI=1S/C16H23N3O4/c1-10-12(11(2)23-17-10)4-5-15(20)19-7-6-14-13(8-19)18(3)16(21)9-22-14/h13-14H,4-9H2,1-3H3/t13-,14+/m0/s1. The molecule has 0 N–H and O–H groups in total. The summed E-state index contributed by atoms with van der Waals surface area (Å²) in [6.45, 7) is 5.14. The summed E-state index contributed by atoms with van der Waals surface area (Å²) in [5, 5.41) is 3.92. The molecule has 2 aliphatic rings. The molecule has 0 aliphatic carbocycles. The number of piperidine rings is 1. The van der Waals surface area contributed by atoms with Crippen molar-refractivity contribution in [3.8, 4) is 0 Å². The Hall–Kier alpha value is -1.89. The highest BCUT2D eigenvalue weighted by atomic mass is 16.5. The number of hydrogen-bond donors (Lipinski definition) is 0. The number of nitrogens with zero attached hydrogens (tertiary/aromatic N) is 3. The SMILES string of the molecule is Cc1noc(C)c1CCC(=O)N1CC[C@H]2OCC(=O)N(C)[C@H]2C1. The van der Waals surface area contributed by atoms with Gasteiger partial charge in [-0.3, -0.25) is 9.59 Å². The molecule has 0 unspecified atom stereocenters. The predicted molar refractivity (Wildman–Crippen MR) is 81.8 cm³/mol. The number of likely N-dealkylation sites (tertiary alicyclic amines) is 1. The third-order valence-electron chi connectivity index (χ3n) is 4.95. The van der Waals surface area contributed by atoms with Crippen molar-refractivity contribution in [1.29, 1.82) is 0 Å². The molecule has 1 aromatic heterocycles. The second-order valence-electron chi connectivity index (χ2n) is 6.35. The van der Waals surface area contributed by atoms with Crippen molar-refractivity contribution in [2.24, 2.45) is 0 Å². The van der Waals surface area contributed by atoms with Crippen LogP contribution in [0.2, 0.25) is 0 Å². The summed E-state index contributed by atoms with van der Waals surface area (Å²) in [5.41, 5.74) is 1.86. The van der Waals surface area contributed by atoms with Crippen LogP contribution in [-0.4, -0.2) is 65.7 Å². The van der Waals surface area contributed by atoms with Gasteiger partial charge in [-0.2, -0.15) is 0 Å². The smallest absolute Gasteiger partial charge is 0.248 e. The summed E-state index contributed by atoms with van der Waals surface area (Å²) >= 11 is 0. The number of fused-ring (bicyclic) bond motifs is 1. The summed E-state index contributed by atoms with van der Waals surface area (Å²) < 4.78 is 10.7. The van der Waals surface area contributed by atoms with Crippen LogP contribution in [-0.2, 0) is 20.7 Å². The lowest BCUT2D eigenvalue weighted by Gasteiger charge is -2.45. The Balaban J connectivity index is 1.59. The third kappa shape index (κ3) is 3.10. The Kier molecular flexibility index (Phi) is 4.39. The molecule has 23 heavy (non-hydrogen) atoms. The maximum absolute atomic E-state index is 12.5. The molecule has 3 heterocycles. The molecule has 2 saturated heterocycles. The summed E-state index contributed by atoms with van der Waals surface area (Å²) in [4.78, 5) is 27.8. The molecule has 7 nitrogen and oxygen atoms in total. The van der Waals surface area contributed by atoms with Crippen LogP contribution in [0.5, 0.6) is 0 Å². The molecule has 1 aromatic rings. The quantitative estimate of drug-likeness (QED) is 0.818. The third-order valence-corrected chi connectivity index (χ3v) is 4.95. The Morgan fingerprint density at radius 3 is 2.87 bits per heavy atom. The molecular formula is C16H23N3O4. The molecule has 2 aliphatic heterocycles. The summed E-state index contributed by atoms with van der Waals surface area (Å²) in [6, 6.07) is -0.0342. The first-order valence-electron chi connectivity index (χ1n) is 8.04. The van der Waals surface area contributed by atoms with E-state index in [1.165, 1.54) is 0 Å². The molecule has 0 aromatic carbocycles. The van der Waals surface area contributed by atoms with Crippen molar-refractivity contribution in [1.82, 2.24) is 15.0 Å². The van der Waals surface area contributed by atoms with Crippen molar-refractivity contribution < 1.29 is 18.8 Å². The minimum Gasteiger partial charge on any atom is -0.366 e. The van der Waals surface area contributed by atoms with Gasteiger partial charge in [-0.05, 0) is 26.7 Å². The first-order valence-corrected chi connectivity index (χ1v) is 8.04. The van der Waals surface area contributed by atoms with Crippen molar-refractivity contribution >= 4 is 11.8 Å². The number of likely N-dealkylation sites (N-methyl/N-ethyl adjacent to an activating group) is 1. The molecule has 0 bridgehead atoms. The monoisotopic (exact) mass is 321 g/mol. The minimum atomic E-state index is -0.0342. The highest BCUT2D eigenvalue weighted by molar-refractivity contribution is 5.79. The first kappa shape index (κ1) is 16.0. The fourth-order valence-corrected chi connectivity index (χ4v) is 3.42. The number of morpholine rings is 1. The highest BCUT2D eigenvalue weighted by Gasteiger charge is 2.39. The van der Waals surface area contributed by atoms with Gasteiger partial charge in [-0.15, -0.1) is 0 Å². The highest BCUT2D eigenvalue weighted by Crippen LogP contribution is 2.23. The Morgan fingerprint density at radius 2 is 2.17 bits per heavy atom. The van der Waals surface area contributed by atoms with Crippen LogP contribution in [0.15, 0.2) is 4.52 Å². The fraction of sp³-hybridized carbons (Fsp3) is 0.688. The van der Waals surface area contributed by atoms with E-state index < -0.39 is 0 Å². The fourth-order valence-electron chi connectivity index (χ4n) is 3.42. The first-order chi connectivity index (χ1) is 11.0. The second kappa shape index (κ2) is 6.31. The van der Waals surface area contributed by atoms with Gasteiger partial charge in [-0.25, -0.2) is 0 Å². The zero-order valence-corrected chi connectivity index (χ0v) is 13.9. The van der Waals surface area contributed by atoms with E-state index in [0.717, 1.165) is 23.4 Å². The number of carbonyl (C=O) groups is 2. The lowest BCUT2D eigenvalue weighted by Crippen LogP contribution is -2.61. The molecule has 2 amide bonds. The minimum absolute atomic E-state index is 0.0173. The van der Waals surface area contributed by atoms with Gasteiger partial charge in [-0.1, -0.05) is 5.16 Å². The van der Waals surface area contributed by atoms with Gasteiger partial charge in [0.25, 0.3) is 0 Å². The Labute approximate surface area is 135 Å². The second-order valence-corrected chi connectivity index (χ2v) is 6.35. The van der Waals surface area contributed by atoms with Crippen LogP contribution in [0, 0.1) is 13.8 Å². The summed E-state index contributed by atoms with van der Waals surface area (Å²) in [6.07, 6.45) is 1.89. The van der Waals surface area contributed by atoms with Gasteiger partial charge in [0.15, 0.2) is 0 Å². The topological polar surface area (TPSA) is 75.9 Å². The van der Waals surface area contributed by atoms with E-state index in [-0.39, 0.29) is 30.6 Å². The summed E-state index contributed by atoms with van der Waals surface area (Å²) in [7, 11) is 1.79. The van der Waals surface area contributed by atoms with Gasteiger partial charge in [0.1, 0.15) is 12.4 Å². The van der Waals surface area contributed by atoms with Gasteiger partial charge < -0.3 is 19.1 Å². The molecule has 3 rings (SSSR count). The molecule has 0 saturated carbocycles. The number of hydrogen-bond acceptors (Lipinski definition) is 5. The van der Waals surface area contributed by atoms with E-state index in [2.05, 4.69) is 5.16 Å². The van der Waals surface area contributed by atoms with Crippen LogP contribution in [0.4, 0.5) is 0 Å². The van der Waals surface area contributed by atoms with E-state index in [9.17, 15) is 9.59 Å². The van der Waals surface area contributed by atoms with Crippen LogP contribution >= 0.6 is 0 Å². The number of aromatic nitrogens is 1. The van der Waals surface area contributed by atoms with E-state index in [0.29, 0.717) is 25.9 Å². The number of aryl methyl sites for hydroxylation is 2. The number of rotatable bonds is 3. The maximum atomic E-state index is 12.5.